The quantitative estimate of drug-likeness (QED) is 0.669. The second kappa shape index (κ2) is 6.25. The van der Waals surface area contributed by atoms with Gasteiger partial charge in [-0.3, -0.25) is 5.01 Å². The monoisotopic (exact) mass is 331 g/mol. The van der Waals surface area contributed by atoms with Crippen molar-refractivity contribution in [2.75, 3.05) is 30.9 Å². The minimum atomic E-state index is -2.99. The summed E-state index contributed by atoms with van der Waals surface area (Å²) in [6, 6.07) is 5.67. The molecule has 0 spiro atoms. The molecule has 0 saturated carbocycles. The first-order valence-electron chi connectivity index (χ1n) is 6.52. The maximum absolute atomic E-state index is 12.9. The summed E-state index contributed by atoms with van der Waals surface area (Å²) >= 11 is 5.36. The molecular weight excluding hydrogens is 313 g/mol. The molecular formula is C13H18FN3O2S2. The van der Waals surface area contributed by atoms with Crippen LogP contribution in [0.4, 0.5) is 10.1 Å². The Labute approximate surface area is 129 Å². The zero-order chi connectivity index (χ0) is 15.6. The molecule has 1 heterocycles. The summed E-state index contributed by atoms with van der Waals surface area (Å²) in [5.41, 5.74) is 0.661. The molecule has 0 aliphatic carbocycles. The van der Waals surface area contributed by atoms with Crippen molar-refractivity contribution in [1.29, 1.82) is 0 Å². The Morgan fingerprint density at radius 2 is 1.95 bits per heavy atom. The minimum Gasteiger partial charge on any atom is -0.332 e. The number of hydrogen-bond donors (Lipinski definition) is 1. The summed E-state index contributed by atoms with van der Waals surface area (Å²) in [7, 11) is 0.627. The van der Waals surface area contributed by atoms with Gasteiger partial charge in [-0.05, 0) is 42.9 Å². The number of nitrogens with zero attached hydrogens (tertiary/aromatic N) is 2. The summed E-state index contributed by atoms with van der Waals surface area (Å²) in [4.78, 5) is 0. The average molecular weight is 331 g/mol. The van der Waals surface area contributed by atoms with Gasteiger partial charge < -0.3 is 5.32 Å². The van der Waals surface area contributed by atoms with Crippen molar-refractivity contribution in [2.24, 2.45) is 0 Å². The van der Waals surface area contributed by atoms with Crippen molar-refractivity contribution in [3.63, 3.8) is 0 Å². The van der Waals surface area contributed by atoms with Gasteiger partial charge in [0.1, 0.15) is 5.82 Å². The number of nitrogens with one attached hydrogen (secondary N) is 1. The van der Waals surface area contributed by atoms with Crippen molar-refractivity contribution < 1.29 is 12.8 Å². The normalized spacial score (nSPS) is 20.5. The molecule has 8 heteroatoms. The number of anilines is 1. The van der Waals surface area contributed by atoms with E-state index in [0.29, 0.717) is 17.2 Å². The van der Waals surface area contributed by atoms with Crippen LogP contribution in [0.15, 0.2) is 24.3 Å². The van der Waals surface area contributed by atoms with Crippen molar-refractivity contribution >= 4 is 32.9 Å². The van der Waals surface area contributed by atoms with E-state index >= 15 is 0 Å². The van der Waals surface area contributed by atoms with Crippen LogP contribution in [0, 0.1) is 5.82 Å². The Morgan fingerprint density at radius 1 is 1.33 bits per heavy atom. The van der Waals surface area contributed by atoms with E-state index < -0.39 is 9.84 Å². The highest BCUT2D eigenvalue weighted by Crippen LogP contribution is 2.20. The summed E-state index contributed by atoms with van der Waals surface area (Å²) in [5.74, 6) is -0.0461. The highest BCUT2D eigenvalue weighted by atomic mass is 32.2. The molecule has 0 aromatic heterocycles. The van der Waals surface area contributed by atoms with Crippen molar-refractivity contribution in [3.8, 4) is 0 Å². The maximum atomic E-state index is 12.9. The second-order valence-corrected chi connectivity index (χ2v) is 7.80. The smallest absolute Gasteiger partial charge is 0.188 e. The Morgan fingerprint density at radius 3 is 2.43 bits per heavy atom. The van der Waals surface area contributed by atoms with E-state index in [4.69, 9.17) is 12.2 Å². The lowest BCUT2D eigenvalue weighted by molar-refractivity contribution is 0.0757. The molecule has 5 nitrogen and oxygen atoms in total. The van der Waals surface area contributed by atoms with Crippen LogP contribution in [-0.2, 0) is 9.84 Å². The largest absolute Gasteiger partial charge is 0.332 e. The van der Waals surface area contributed by atoms with Crippen molar-refractivity contribution in [2.45, 2.75) is 12.5 Å². The Kier molecular flexibility index (Phi) is 4.80. The highest BCUT2D eigenvalue weighted by molar-refractivity contribution is 7.91. The van der Waals surface area contributed by atoms with Gasteiger partial charge in [0.2, 0.25) is 0 Å². The summed E-state index contributed by atoms with van der Waals surface area (Å²) in [6.45, 7) is 0. The molecule has 0 radical (unpaired) electrons. The minimum absolute atomic E-state index is 0.0937. The second-order valence-electron chi connectivity index (χ2n) is 5.19. The summed E-state index contributed by atoms with van der Waals surface area (Å²) in [5, 5.41) is 6.93. The predicted molar refractivity (Wildman–Crippen MR) is 85.2 cm³/mol. The standard InChI is InChI=1S/C13H18FN3O2S2/c1-16(2)17(12-7-8-21(18,19)9-12)13(20)15-11-5-3-10(14)4-6-11/h3-6,12H,7-9H2,1-2H3,(H,15,20)/t12-/m1/s1. The van der Waals surface area contributed by atoms with Crippen LogP contribution in [0.25, 0.3) is 0 Å². The van der Waals surface area contributed by atoms with Gasteiger partial charge in [0.15, 0.2) is 14.9 Å². The molecule has 0 bridgehead atoms. The van der Waals surface area contributed by atoms with Gasteiger partial charge in [0, 0.05) is 19.8 Å². The molecule has 1 atom stereocenters. The molecule has 1 saturated heterocycles. The summed E-state index contributed by atoms with van der Waals surface area (Å²) in [6.07, 6.45) is 0.547. The van der Waals surface area contributed by atoms with Crippen molar-refractivity contribution in [1.82, 2.24) is 10.0 Å². The summed E-state index contributed by atoms with van der Waals surface area (Å²) < 4.78 is 36.2. The number of rotatable bonds is 3. The van der Waals surface area contributed by atoms with Gasteiger partial charge in [-0.25, -0.2) is 17.8 Å². The van der Waals surface area contributed by atoms with Gasteiger partial charge in [-0.15, -0.1) is 0 Å². The molecule has 1 aliphatic heterocycles. The zero-order valence-corrected chi connectivity index (χ0v) is 13.5. The molecule has 116 valence electrons. The van der Waals surface area contributed by atoms with Crippen LogP contribution in [0.3, 0.4) is 0 Å². The van der Waals surface area contributed by atoms with E-state index in [1.165, 1.54) is 12.1 Å². The highest BCUT2D eigenvalue weighted by Gasteiger charge is 2.34. The first-order valence-corrected chi connectivity index (χ1v) is 8.75. The topological polar surface area (TPSA) is 52.6 Å². The molecule has 0 amide bonds. The van der Waals surface area contributed by atoms with E-state index in [2.05, 4.69) is 5.32 Å². The number of sulfone groups is 1. The molecule has 0 unspecified atom stereocenters. The van der Waals surface area contributed by atoms with Crippen LogP contribution in [0.2, 0.25) is 0 Å². The third kappa shape index (κ3) is 4.12. The van der Waals surface area contributed by atoms with E-state index in [9.17, 15) is 12.8 Å². The van der Waals surface area contributed by atoms with Crippen LogP contribution in [-0.4, -0.2) is 55.2 Å². The number of thiocarbonyl (C=S) groups is 1. The molecule has 1 N–H and O–H groups in total. The Bertz CT molecular complexity index is 617. The fraction of sp³-hybridized carbons (Fsp3) is 0.462. The first kappa shape index (κ1) is 16.1. The van der Waals surface area contributed by atoms with Gasteiger partial charge in [0.05, 0.1) is 17.5 Å². The molecule has 1 aliphatic rings. The van der Waals surface area contributed by atoms with Gasteiger partial charge in [-0.1, -0.05) is 0 Å². The van der Waals surface area contributed by atoms with Crippen LogP contribution >= 0.6 is 12.2 Å². The third-order valence-electron chi connectivity index (χ3n) is 3.29. The number of hydrogen-bond acceptors (Lipinski definition) is 4. The van der Waals surface area contributed by atoms with Gasteiger partial charge in [-0.2, -0.15) is 0 Å². The zero-order valence-electron chi connectivity index (χ0n) is 11.9. The third-order valence-corrected chi connectivity index (χ3v) is 5.33. The fourth-order valence-electron chi connectivity index (χ4n) is 2.36. The van der Waals surface area contributed by atoms with E-state index in [-0.39, 0.29) is 23.4 Å². The molecule has 2 rings (SSSR count). The Hall–Kier alpha value is -1.25. The molecule has 1 aromatic rings. The first-order chi connectivity index (χ1) is 9.78. The lowest BCUT2D eigenvalue weighted by Crippen LogP contribution is -2.51. The molecule has 1 fully saturated rings. The lowest BCUT2D eigenvalue weighted by atomic mass is 10.2. The SMILES string of the molecule is CN(C)N(C(=S)Nc1ccc(F)cc1)[C@@H]1CCS(=O)(=O)C1. The fourth-order valence-corrected chi connectivity index (χ4v) is 4.48. The maximum Gasteiger partial charge on any atom is 0.188 e. The number of benzene rings is 1. The van der Waals surface area contributed by atoms with Crippen molar-refractivity contribution in [3.05, 3.63) is 30.1 Å². The Balaban J connectivity index is 2.11. The van der Waals surface area contributed by atoms with Gasteiger partial charge in [0.25, 0.3) is 0 Å². The van der Waals surface area contributed by atoms with Crippen LogP contribution in [0.1, 0.15) is 6.42 Å². The molecule has 1 aromatic carbocycles. The van der Waals surface area contributed by atoms with Gasteiger partial charge >= 0.3 is 0 Å². The average Bonchev–Trinajstić information content (AvgIpc) is 2.72. The van der Waals surface area contributed by atoms with E-state index in [1.54, 1.807) is 22.2 Å². The van der Waals surface area contributed by atoms with Crippen LogP contribution in [0.5, 0.6) is 0 Å². The lowest BCUT2D eigenvalue weighted by Gasteiger charge is -2.36. The number of hydrazine groups is 1. The van der Waals surface area contributed by atoms with Crippen LogP contribution < -0.4 is 5.32 Å². The van der Waals surface area contributed by atoms with E-state index in [0.717, 1.165) is 0 Å². The predicted octanol–water partition coefficient (Wildman–Crippen LogP) is 1.49. The van der Waals surface area contributed by atoms with E-state index in [1.807, 2.05) is 14.1 Å². The number of halogens is 1. The molecule has 21 heavy (non-hydrogen) atoms.